The summed E-state index contributed by atoms with van der Waals surface area (Å²) in [6, 6.07) is 0. The summed E-state index contributed by atoms with van der Waals surface area (Å²) < 4.78 is 0. The maximum absolute atomic E-state index is 1.85. The normalized spacial score (nSPS) is 28.0. The van der Waals surface area contributed by atoms with E-state index in [2.05, 4.69) is 0 Å². The van der Waals surface area contributed by atoms with E-state index in [1.54, 1.807) is 0 Å². The second-order valence-corrected chi connectivity index (χ2v) is 8.66. The summed E-state index contributed by atoms with van der Waals surface area (Å²) in [5, 5.41) is 0. The summed E-state index contributed by atoms with van der Waals surface area (Å²) in [5.41, 5.74) is 14.8. The van der Waals surface area contributed by atoms with Gasteiger partial charge in [0.1, 0.15) is 0 Å². The minimum atomic E-state index is 1.38. The fourth-order valence-corrected chi connectivity index (χ4v) is 6.29. The van der Waals surface area contributed by atoms with E-state index in [1.807, 2.05) is 44.6 Å². The summed E-state index contributed by atoms with van der Waals surface area (Å²) in [6.45, 7) is 0. The van der Waals surface area contributed by atoms with E-state index in [-0.39, 0.29) is 0 Å². The first-order chi connectivity index (χ1) is 11.9. The van der Waals surface area contributed by atoms with Gasteiger partial charge in [-0.2, -0.15) is 0 Å². The Balaban J connectivity index is 1.79. The minimum Gasteiger partial charge on any atom is -0.0489 e. The van der Waals surface area contributed by atoms with Crippen LogP contribution in [0, 0.1) is 0 Å². The van der Waals surface area contributed by atoms with Crippen molar-refractivity contribution in [2.75, 3.05) is 0 Å². The molecule has 5 aliphatic carbocycles. The molecule has 0 saturated carbocycles. The van der Waals surface area contributed by atoms with Gasteiger partial charge in [0, 0.05) is 0 Å². The molecule has 5 rings (SSSR count). The van der Waals surface area contributed by atoms with Gasteiger partial charge in [-0.05, 0) is 147 Å². The Bertz CT molecular complexity index is 479. The third-order valence-corrected chi connectivity index (χ3v) is 7.33. The van der Waals surface area contributed by atoms with Crippen LogP contribution in [0.3, 0.4) is 0 Å². The summed E-state index contributed by atoms with van der Waals surface area (Å²) in [5.74, 6) is 0. The Morgan fingerprint density at radius 2 is 0.333 bits per heavy atom. The van der Waals surface area contributed by atoms with Crippen LogP contribution in [0.25, 0.3) is 0 Å². The summed E-state index contributed by atoms with van der Waals surface area (Å²) in [4.78, 5) is 0. The topological polar surface area (TPSA) is 0 Å². The van der Waals surface area contributed by atoms with Gasteiger partial charge in [-0.15, -0.1) is 0 Å². The Morgan fingerprint density at radius 1 is 0.208 bits per heavy atom. The van der Waals surface area contributed by atoms with Crippen molar-refractivity contribution in [1.29, 1.82) is 0 Å². The van der Waals surface area contributed by atoms with Gasteiger partial charge >= 0.3 is 0 Å². The van der Waals surface area contributed by atoms with Crippen LogP contribution in [0.1, 0.15) is 103 Å². The number of fused-ring (bicyclic) bond motifs is 4. The zero-order chi connectivity index (χ0) is 15.9. The highest BCUT2D eigenvalue weighted by atomic mass is 14.4. The molecular weight excluding hydrogens is 288 g/mol. The molecule has 0 radical (unpaired) electrons. The van der Waals surface area contributed by atoms with E-state index < -0.39 is 0 Å². The molecule has 0 aliphatic heterocycles. The molecule has 0 N–H and O–H groups in total. The van der Waals surface area contributed by atoms with Crippen LogP contribution in [0.2, 0.25) is 0 Å². The Kier molecular flexibility index (Phi) is 4.03. The highest BCUT2D eigenvalue weighted by Crippen LogP contribution is 2.51. The predicted octanol–water partition coefficient (Wildman–Crippen LogP) is 7.48. The second-order valence-electron chi connectivity index (χ2n) is 8.66. The van der Waals surface area contributed by atoms with E-state index in [0.717, 1.165) is 0 Å². The first-order valence-electron chi connectivity index (χ1n) is 10.8. The monoisotopic (exact) mass is 320 g/mol. The van der Waals surface area contributed by atoms with Crippen molar-refractivity contribution >= 4 is 0 Å². The van der Waals surface area contributed by atoms with Gasteiger partial charge in [-0.1, -0.05) is 0 Å². The smallest absolute Gasteiger partial charge is 0.0273 e. The van der Waals surface area contributed by atoms with Crippen LogP contribution in [-0.4, -0.2) is 0 Å². The molecule has 0 nitrogen and oxygen atoms in total. The van der Waals surface area contributed by atoms with Crippen molar-refractivity contribution in [1.82, 2.24) is 0 Å². The maximum Gasteiger partial charge on any atom is -0.0273 e. The standard InChI is InChI=1S/C24H32/c1-2-10-18-17(9-1)19-11-3-4-13-21(19)23-15-7-8-16-24(23)22-14-6-5-12-20(18)22/h1-16H2. The third-order valence-electron chi connectivity index (χ3n) is 7.33. The summed E-state index contributed by atoms with van der Waals surface area (Å²) in [7, 11) is 0. The molecule has 0 aromatic carbocycles. The molecule has 128 valence electrons. The van der Waals surface area contributed by atoms with Gasteiger partial charge in [0.05, 0.1) is 0 Å². The van der Waals surface area contributed by atoms with Gasteiger partial charge in [0.2, 0.25) is 0 Å². The lowest BCUT2D eigenvalue weighted by Crippen LogP contribution is -2.18. The first kappa shape index (κ1) is 15.2. The van der Waals surface area contributed by atoms with Crippen LogP contribution >= 0.6 is 0 Å². The fraction of sp³-hybridized carbons (Fsp3) is 0.667. The highest BCUT2D eigenvalue weighted by Gasteiger charge is 2.32. The maximum atomic E-state index is 1.85. The molecule has 0 amide bonds. The van der Waals surface area contributed by atoms with E-state index in [1.165, 1.54) is 103 Å². The van der Waals surface area contributed by atoms with Crippen molar-refractivity contribution < 1.29 is 0 Å². The number of allylic oxidation sites excluding steroid dienone is 8. The van der Waals surface area contributed by atoms with Crippen LogP contribution in [-0.2, 0) is 0 Å². The Morgan fingerprint density at radius 3 is 0.458 bits per heavy atom. The van der Waals surface area contributed by atoms with Crippen LogP contribution in [0.4, 0.5) is 0 Å². The molecule has 0 spiro atoms. The van der Waals surface area contributed by atoms with Gasteiger partial charge in [0.25, 0.3) is 0 Å². The quantitative estimate of drug-likeness (QED) is 0.434. The lowest BCUT2D eigenvalue weighted by Gasteiger charge is -2.37. The van der Waals surface area contributed by atoms with E-state index in [4.69, 9.17) is 0 Å². The molecule has 0 aromatic heterocycles. The average molecular weight is 321 g/mol. The van der Waals surface area contributed by atoms with Crippen molar-refractivity contribution in [3.05, 3.63) is 44.6 Å². The number of hydrogen-bond acceptors (Lipinski definition) is 0. The molecule has 0 saturated heterocycles. The van der Waals surface area contributed by atoms with Crippen molar-refractivity contribution in [2.24, 2.45) is 0 Å². The van der Waals surface area contributed by atoms with E-state index >= 15 is 0 Å². The zero-order valence-corrected chi connectivity index (χ0v) is 15.3. The molecule has 0 heterocycles. The van der Waals surface area contributed by atoms with Gasteiger partial charge in [-0.3, -0.25) is 0 Å². The van der Waals surface area contributed by atoms with Crippen molar-refractivity contribution in [3.63, 3.8) is 0 Å². The molecule has 0 heteroatoms. The molecule has 24 heavy (non-hydrogen) atoms. The molecule has 0 unspecified atom stereocenters. The molecule has 5 aliphatic rings. The summed E-state index contributed by atoms with van der Waals surface area (Å²) >= 11 is 0. The predicted molar refractivity (Wildman–Crippen MR) is 102 cm³/mol. The largest absolute Gasteiger partial charge is 0.0489 e. The molecular formula is C24H32. The van der Waals surface area contributed by atoms with Crippen LogP contribution in [0.5, 0.6) is 0 Å². The third kappa shape index (κ3) is 2.40. The SMILES string of the molecule is C1CCC2=C(C1)C1=C(CCCC1)C1=C(CCCC1)C1=C2CCCC1. The number of rotatable bonds is 0. The second kappa shape index (κ2) is 6.36. The molecule has 0 atom stereocenters. The lowest BCUT2D eigenvalue weighted by molar-refractivity contribution is 0.590. The lowest BCUT2D eigenvalue weighted by atomic mass is 9.68. The van der Waals surface area contributed by atoms with Gasteiger partial charge in [0.15, 0.2) is 0 Å². The first-order valence-corrected chi connectivity index (χ1v) is 10.8. The van der Waals surface area contributed by atoms with Gasteiger partial charge < -0.3 is 0 Å². The molecule has 0 aromatic rings. The molecule has 0 bridgehead atoms. The Hall–Kier alpha value is -1.04. The molecule has 0 fully saturated rings. The number of hydrogen-bond donors (Lipinski definition) is 0. The fourth-order valence-electron chi connectivity index (χ4n) is 6.29. The van der Waals surface area contributed by atoms with Gasteiger partial charge in [-0.25, -0.2) is 0 Å². The van der Waals surface area contributed by atoms with E-state index in [0.29, 0.717) is 0 Å². The van der Waals surface area contributed by atoms with Crippen LogP contribution in [0.15, 0.2) is 44.6 Å². The van der Waals surface area contributed by atoms with Crippen molar-refractivity contribution in [2.45, 2.75) is 103 Å². The van der Waals surface area contributed by atoms with E-state index in [9.17, 15) is 0 Å². The highest BCUT2D eigenvalue weighted by molar-refractivity contribution is 5.61. The minimum absolute atomic E-state index is 1.38. The van der Waals surface area contributed by atoms with Crippen molar-refractivity contribution in [3.8, 4) is 0 Å². The summed E-state index contributed by atoms with van der Waals surface area (Å²) in [6.07, 6.45) is 22.5. The average Bonchev–Trinajstić information content (AvgIpc) is 2.67. The zero-order valence-electron chi connectivity index (χ0n) is 15.3. The Labute approximate surface area is 147 Å². The van der Waals surface area contributed by atoms with Crippen LogP contribution < -0.4 is 0 Å².